The fraction of sp³-hybridized carbons (Fsp3) is 0.256. The fourth-order valence-corrected chi connectivity index (χ4v) is 5.78. The molecule has 6 rings (SSSR count). The highest BCUT2D eigenvalue weighted by Gasteiger charge is 2.15. The van der Waals surface area contributed by atoms with Gasteiger partial charge in [0.25, 0.3) is 17.0 Å². The van der Waals surface area contributed by atoms with Crippen molar-refractivity contribution < 1.29 is 24.2 Å². The van der Waals surface area contributed by atoms with Crippen molar-refractivity contribution in [2.24, 2.45) is 12.8 Å². The maximum absolute atomic E-state index is 12.5. The van der Waals surface area contributed by atoms with Crippen molar-refractivity contribution in [2.75, 3.05) is 0 Å². The summed E-state index contributed by atoms with van der Waals surface area (Å²) in [5.41, 5.74) is 12.3. The number of benzene rings is 4. The maximum atomic E-state index is 12.5. The van der Waals surface area contributed by atoms with Crippen LogP contribution in [0.2, 0.25) is 0 Å². The first-order valence-electron chi connectivity index (χ1n) is 18.1. The SMILES string of the molecule is Cc1c(CN)c(=O)[nH]n1C.Cc1cc(C(C)Oc2ccccc2)ccc1C(=O)NCc1c(C)[nH][nH]c1=O.Cc1cc(C(C)Oc2ccccc2)ccc1C(=O)O. The monoisotopic (exact) mass is 762 g/mol. The van der Waals surface area contributed by atoms with Crippen LogP contribution >= 0.6 is 0 Å². The normalized spacial score (nSPS) is 11.6. The number of nitrogens with zero attached hydrogens (tertiary/aromatic N) is 1. The van der Waals surface area contributed by atoms with E-state index in [1.54, 1.807) is 43.8 Å². The molecular formula is C43H50N6O7. The molecule has 0 radical (unpaired) electrons. The molecule has 6 aromatic rings. The minimum atomic E-state index is -0.902. The summed E-state index contributed by atoms with van der Waals surface area (Å²) < 4.78 is 13.4. The van der Waals surface area contributed by atoms with E-state index >= 15 is 0 Å². The second-order valence-electron chi connectivity index (χ2n) is 13.2. The van der Waals surface area contributed by atoms with E-state index in [1.165, 1.54) is 0 Å². The van der Waals surface area contributed by atoms with Crippen LogP contribution in [0.1, 0.15) is 91.5 Å². The summed E-state index contributed by atoms with van der Waals surface area (Å²) in [4.78, 5) is 46.1. The molecule has 0 aliphatic carbocycles. The number of ether oxygens (including phenoxy) is 2. The van der Waals surface area contributed by atoms with Crippen LogP contribution in [0, 0.1) is 27.7 Å². The summed E-state index contributed by atoms with van der Waals surface area (Å²) in [7, 11) is 1.79. The highest BCUT2D eigenvalue weighted by molar-refractivity contribution is 5.95. The molecule has 0 bridgehead atoms. The summed E-state index contributed by atoms with van der Waals surface area (Å²) in [6, 6.07) is 30.1. The van der Waals surface area contributed by atoms with Crippen molar-refractivity contribution >= 4 is 11.9 Å². The molecule has 0 saturated carbocycles. The first-order valence-corrected chi connectivity index (χ1v) is 18.1. The molecule has 56 heavy (non-hydrogen) atoms. The molecule has 2 unspecified atom stereocenters. The number of amides is 1. The summed E-state index contributed by atoms with van der Waals surface area (Å²) in [5.74, 6) is 0.489. The van der Waals surface area contributed by atoms with Crippen molar-refractivity contribution in [3.63, 3.8) is 0 Å². The van der Waals surface area contributed by atoms with Crippen LogP contribution in [0.5, 0.6) is 11.5 Å². The summed E-state index contributed by atoms with van der Waals surface area (Å²) in [6.07, 6.45) is -0.256. The molecule has 13 heteroatoms. The van der Waals surface area contributed by atoms with Gasteiger partial charge in [-0.15, -0.1) is 0 Å². The average Bonchev–Trinajstić information content (AvgIpc) is 3.63. The Bertz CT molecular complexity index is 2340. The van der Waals surface area contributed by atoms with Gasteiger partial charge in [-0.1, -0.05) is 60.7 Å². The number of carbonyl (C=O) groups excluding carboxylic acids is 1. The van der Waals surface area contributed by atoms with Gasteiger partial charge in [0.2, 0.25) is 0 Å². The Kier molecular flexibility index (Phi) is 14.8. The topological polar surface area (TPSA) is 197 Å². The number of hydrogen-bond acceptors (Lipinski definition) is 7. The minimum absolute atomic E-state index is 0.0810. The number of carbonyl (C=O) groups is 2. The van der Waals surface area contributed by atoms with E-state index in [2.05, 4.69) is 20.6 Å². The lowest BCUT2D eigenvalue weighted by atomic mass is 10.0. The Morgan fingerprint density at radius 2 is 1.23 bits per heavy atom. The van der Waals surface area contributed by atoms with Gasteiger partial charge in [0.1, 0.15) is 23.7 Å². The van der Waals surface area contributed by atoms with E-state index in [4.69, 9.17) is 20.3 Å². The van der Waals surface area contributed by atoms with E-state index in [1.807, 2.05) is 107 Å². The Morgan fingerprint density at radius 1 is 0.732 bits per heavy atom. The first kappa shape index (κ1) is 42.1. The number of carboxylic acid groups (broad SMARTS) is 1. The van der Waals surface area contributed by atoms with Crippen LogP contribution in [0.25, 0.3) is 0 Å². The smallest absolute Gasteiger partial charge is 0.335 e. The predicted octanol–water partition coefficient (Wildman–Crippen LogP) is 6.70. The number of H-pyrrole nitrogens is 3. The molecule has 0 saturated heterocycles. The quantitative estimate of drug-likeness (QED) is 0.0838. The van der Waals surface area contributed by atoms with Gasteiger partial charge in [0.05, 0.1) is 23.2 Å². The predicted molar refractivity (Wildman–Crippen MR) is 216 cm³/mol. The molecule has 2 atom stereocenters. The number of aryl methyl sites for hydroxylation is 4. The zero-order valence-corrected chi connectivity index (χ0v) is 32.7. The van der Waals surface area contributed by atoms with Gasteiger partial charge in [0, 0.05) is 30.5 Å². The molecule has 2 aromatic heterocycles. The molecule has 0 fully saturated rings. The number of aromatic carboxylic acids is 1. The summed E-state index contributed by atoms with van der Waals surface area (Å²) in [6.45, 7) is 11.7. The average molecular weight is 763 g/mol. The number of carboxylic acids is 1. The standard InChI is InChI=1S/C21H23N3O3.C16H16O3.C6H11N3O/c1-13-11-16(15(3)27-17-7-5-4-6-8-17)9-10-18(13)20(25)22-12-19-14(2)23-24-21(19)26;1-11-10-13(8-9-15(11)16(17)18)12(2)19-14-6-4-3-5-7-14;1-4-5(3-7)6(10)8-9(4)2/h4-11,15H,12H2,1-3H3,(H,22,25)(H2,23,24,26);3-10,12H,1-2H3,(H,17,18);3,7H2,1-2H3,(H,8,10). The van der Waals surface area contributed by atoms with E-state index < -0.39 is 5.97 Å². The van der Waals surface area contributed by atoms with Gasteiger partial charge in [-0.2, -0.15) is 0 Å². The van der Waals surface area contributed by atoms with Gasteiger partial charge >= 0.3 is 5.97 Å². The molecule has 1 amide bonds. The van der Waals surface area contributed by atoms with E-state index in [-0.39, 0.29) is 35.8 Å². The Morgan fingerprint density at radius 3 is 1.61 bits per heavy atom. The van der Waals surface area contributed by atoms with Crippen molar-refractivity contribution in [1.82, 2.24) is 25.3 Å². The number of hydrogen-bond donors (Lipinski definition) is 6. The lowest BCUT2D eigenvalue weighted by molar-refractivity contribution is 0.0695. The highest BCUT2D eigenvalue weighted by atomic mass is 16.5. The van der Waals surface area contributed by atoms with Crippen molar-refractivity contribution in [2.45, 2.75) is 66.8 Å². The second-order valence-corrected chi connectivity index (χ2v) is 13.2. The van der Waals surface area contributed by atoms with E-state index in [9.17, 15) is 19.2 Å². The van der Waals surface area contributed by atoms with Crippen LogP contribution in [0.15, 0.2) is 107 Å². The summed E-state index contributed by atoms with van der Waals surface area (Å²) in [5, 5.41) is 19.7. The summed E-state index contributed by atoms with van der Waals surface area (Å²) >= 11 is 0. The van der Waals surface area contributed by atoms with Crippen molar-refractivity contribution in [3.05, 3.63) is 174 Å². The molecule has 13 nitrogen and oxygen atoms in total. The Balaban J connectivity index is 0.000000207. The van der Waals surface area contributed by atoms with E-state index in [0.717, 1.165) is 45.1 Å². The van der Waals surface area contributed by atoms with Crippen LogP contribution in [-0.4, -0.2) is 37.0 Å². The molecule has 4 aromatic carbocycles. The molecule has 294 valence electrons. The third kappa shape index (κ3) is 11.2. The number of para-hydroxylation sites is 2. The number of rotatable bonds is 11. The first-order chi connectivity index (χ1) is 26.7. The van der Waals surface area contributed by atoms with Crippen molar-refractivity contribution in [3.8, 4) is 11.5 Å². The third-order valence-electron chi connectivity index (χ3n) is 9.23. The highest BCUT2D eigenvalue weighted by Crippen LogP contribution is 2.25. The number of aromatic amines is 3. The van der Waals surface area contributed by atoms with Crippen LogP contribution in [-0.2, 0) is 20.1 Å². The zero-order valence-electron chi connectivity index (χ0n) is 32.7. The van der Waals surface area contributed by atoms with Crippen LogP contribution in [0.4, 0.5) is 0 Å². The van der Waals surface area contributed by atoms with Crippen molar-refractivity contribution in [1.29, 1.82) is 0 Å². The molecule has 0 aliphatic heterocycles. The maximum Gasteiger partial charge on any atom is 0.335 e. The second kappa shape index (κ2) is 19.6. The molecule has 0 aliphatic rings. The van der Waals surface area contributed by atoms with Crippen LogP contribution < -0.4 is 31.6 Å². The Labute approximate surface area is 325 Å². The fourth-order valence-electron chi connectivity index (χ4n) is 5.78. The van der Waals surface area contributed by atoms with E-state index in [0.29, 0.717) is 28.8 Å². The molecule has 0 spiro atoms. The third-order valence-corrected chi connectivity index (χ3v) is 9.23. The van der Waals surface area contributed by atoms with Gasteiger partial charge in [-0.3, -0.25) is 29.3 Å². The minimum Gasteiger partial charge on any atom is -0.486 e. The van der Waals surface area contributed by atoms with Gasteiger partial charge in [-0.05, 0) is 100 Å². The van der Waals surface area contributed by atoms with Crippen LogP contribution in [0.3, 0.4) is 0 Å². The molecular weight excluding hydrogens is 713 g/mol. The number of nitrogens with two attached hydrogens (primary N) is 1. The van der Waals surface area contributed by atoms with Gasteiger partial charge in [0.15, 0.2) is 0 Å². The van der Waals surface area contributed by atoms with Gasteiger partial charge < -0.3 is 30.7 Å². The lowest BCUT2D eigenvalue weighted by Crippen LogP contribution is -2.26. The largest absolute Gasteiger partial charge is 0.486 e. The number of aromatic nitrogens is 4. The Hall–Kier alpha value is -6.60. The lowest BCUT2D eigenvalue weighted by Gasteiger charge is -2.16. The number of nitrogens with one attached hydrogen (secondary N) is 4. The molecule has 7 N–H and O–H groups in total. The molecule has 2 heterocycles. The zero-order chi connectivity index (χ0) is 40.9. The van der Waals surface area contributed by atoms with Gasteiger partial charge in [-0.25, -0.2) is 4.79 Å².